The van der Waals surface area contributed by atoms with Gasteiger partial charge in [0.25, 0.3) is 0 Å². The molecule has 8 nitrogen and oxygen atoms in total. The first-order valence-corrected chi connectivity index (χ1v) is 5.05. The van der Waals surface area contributed by atoms with Crippen LogP contribution in [0.15, 0.2) is 23.7 Å². The summed E-state index contributed by atoms with van der Waals surface area (Å²) in [6, 6.07) is 0. The van der Waals surface area contributed by atoms with E-state index in [4.69, 9.17) is 10.3 Å². The van der Waals surface area contributed by atoms with E-state index in [1.54, 1.807) is 13.8 Å². The van der Waals surface area contributed by atoms with Crippen LogP contribution in [0.2, 0.25) is 0 Å². The molecule has 1 rings (SSSR count). The highest BCUT2D eigenvalue weighted by Gasteiger charge is 2.08. The number of imidazole rings is 1. The van der Waals surface area contributed by atoms with E-state index in [2.05, 4.69) is 15.0 Å². The summed E-state index contributed by atoms with van der Waals surface area (Å²) in [4.78, 5) is 28.5. The van der Waals surface area contributed by atoms with Gasteiger partial charge >= 0.3 is 6.09 Å². The minimum atomic E-state index is -0.739. The Bertz CT molecular complexity index is 525. The second kappa shape index (κ2) is 6.21. The third kappa shape index (κ3) is 4.11. The minimum Gasteiger partial charge on any atom is -0.446 e. The van der Waals surface area contributed by atoms with Gasteiger partial charge in [0.05, 0.1) is 11.8 Å². The van der Waals surface area contributed by atoms with E-state index in [0.29, 0.717) is 5.69 Å². The number of carbonyl (C=O) groups is 2. The summed E-state index contributed by atoms with van der Waals surface area (Å²) in [6.45, 7) is 3.46. The molecule has 0 spiro atoms. The fourth-order valence-electron chi connectivity index (χ4n) is 1.02. The Kier molecular flexibility index (Phi) is 4.65. The number of nitrogens with zero attached hydrogens (tertiary/aromatic N) is 5. The number of ether oxygens (including phenoxy) is 1. The van der Waals surface area contributed by atoms with Crippen molar-refractivity contribution in [2.24, 2.45) is 5.11 Å². The van der Waals surface area contributed by atoms with Crippen LogP contribution in [0, 0.1) is 0 Å². The predicted molar refractivity (Wildman–Crippen MR) is 62.4 cm³/mol. The van der Waals surface area contributed by atoms with Crippen molar-refractivity contribution >= 4 is 18.1 Å². The molecule has 0 fully saturated rings. The molecule has 0 saturated carbocycles. The fourth-order valence-corrected chi connectivity index (χ4v) is 1.02. The molecule has 18 heavy (non-hydrogen) atoms. The summed E-state index contributed by atoms with van der Waals surface area (Å²) in [5.41, 5.74) is 8.39. The van der Waals surface area contributed by atoms with Gasteiger partial charge < -0.3 is 4.74 Å². The van der Waals surface area contributed by atoms with Gasteiger partial charge in [0.2, 0.25) is 5.91 Å². The molecule has 0 aromatic carbocycles. The van der Waals surface area contributed by atoms with E-state index >= 15 is 0 Å². The summed E-state index contributed by atoms with van der Waals surface area (Å²) in [7, 11) is 0. The number of rotatable bonds is 3. The van der Waals surface area contributed by atoms with Gasteiger partial charge in [0.15, 0.2) is 0 Å². The maximum absolute atomic E-state index is 11.5. The molecule has 1 amide bonds. The van der Waals surface area contributed by atoms with E-state index in [1.165, 1.54) is 18.6 Å². The molecule has 0 radical (unpaired) electrons. The molecule has 0 unspecified atom stereocenters. The van der Waals surface area contributed by atoms with Crippen molar-refractivity contribution in [3.05, 3.63) is 34.7 Å². The van der Waals surface area contributed by atoms with Gasteiger partial charge in [-0.1, -0.05) is 0 Å². The second-order valence-electron chi connectivity index (χ2n) is 3.50. The van der Waals surface area contributed by atoms with Crippen molar-refractivity contribution < 1.29 is 14.3 Å². The van der Waals surface area contributed by atoms with Crippen LogP contribution in [0.5, 0.6) is 0 Å². The molecule has 0 atom stereocenters. The monoisotopic (exact) mass is 249 g/mol. The first kappa shape index (κ1) is 13.5. The van der Waals surface area contributed by atoms with Crippen molar-refractivity contribution in [2.75, 3.05) is 0 Å². The van der Waals surface area contributed by atoms with Gasteiger partial charge in [-0.3, -0.25) is 4.79 Å². The molecular weight excluding hydrogens is 238 g/mol. The number of amides is 1. The van der Waals surface area contributed by atoms with Crippen molar-refractivity contribution in [3.63, 3.8) is 0 Å². The zero-order chi connectivity index (χ0) is 13.5. The van der Waals surface area contributed by atoms with Crippen LogP contribution in [0.4, 0.5) is 4.79 Å². The lowest BCUT2D eigenvalue weighted by atomic mass is 10.4. The average molecular weight is 249 g/mol. The molecule has 0 saturated heterocycles. The first-order valence-electron chi connectivity index (χ1n) is 5.05. The minimum absolute atomic E-state index is 0.231. The van der Waals surface area contributed by atoms with E-state index in [0.717, 1.165) is 10.6 Å². The zero-order valence-corrected chi connectivity index (χ0v) is 9.85. The second-order valence-corrected chi connectivity index (χ2v) is 3.50. The lowest BCUT2D eigenvalue weighted by Gasteiger charge is -2.06. The number of aromatic nitrogens is 2. The van der Waals surface area contributed by atoms with Gasteiger partial charge in [-0.15, -0.1) is 0 Å². The van der Waals surface area contributed by atoms with E-state index in [-0.39, 0.29) is 6.10 Å². The number of hydrogen-bond acceptors (Lipinski definition) is 4. The Labute approximate surface area is 103 Å². The fraction of sp³-hybridized carbons (Fsp3) is 0.300. The number of carbonyl (C=O) groups excluding carboxylic acids is 2. The van der Waals surface area contributed by atoms with Gasteiger partial charge in [-0.05, 0) is 36.6 Å². The summed E-state index contributed by atoms with van der Waals surface area (Å²) in [6.07, 6.45) is 4.26. The predicted octanol–water partition coefficient (Wildman–Crippen LogP) is 2.13. The van der Waals surface area contributed by atoms with Crippen LogP contribution in [0.1, 0.15) is 19.5 Å². The first-order chi connectivity index (χ1) is 8.52. The maximum Gasteiger partial charge on any atom is 0.419 e. The SMILES string of the molecule is CC(C)OC(=O)n1cnc(/C=C/C(=O)N=[N+]=[N-])c1. The molecule has 1 aromatic rings. The third-order valence-corrected chi connectivity index (χ3v) is 1.69. The molecule has 0 N–H and O–H groups in total. The topological polar surface area (TPSA) is 110 Å². The standard InChI is InChI=1S/C10H11N5O3/c1-7(2)18-10(17)15-5-8(12-6-15)3-4-9(16)13-14-11/h3-7H,1-2H3/b4-3+. The molecular formula is C10H11N5O3. The summed E-state index contributed by atoms with van der Waals surface area (Å²) >= 11 is 0. The zero-order valence-electron chi connectivity index (χ0n) is 9.85. The average Bonchev–Trinajstić information content (AvgIpc) is 2.74. The molecule has 0 bridgehead atoms. The summed E-state index contributed by atoms with van der Waals surface area (Å²) < 4.78 is 6.09. The number of hydrogen-bond donors (Lipinski definition) is 0. The molecule has 1 aromatic heterocycles. The highest BCUT2D eigenvalue weighted by molar-refractivity contribution is 5.92. The smallest absolute Gasteiger partial charge is 0.419 e. The van der Waals surface area contributed by atoms with Crippen molar-refractivity contribution in [3.8, 4) is 0 Å². The van der Waals surface area contributed by atoms with Gasteiger partial charge in [-0.25, -0.2) is 14.3 Å². The quantitative estimate of drug-likeness (QED) is 0.353. The maximum atomic E-state index is 11.5. The normalized spacial score (nSPS) is 10.4. The Morgan fingerprint density at radius 3 is 2.94 bits per heavy atom. The Morgan fingerprint density at radius 2 is 2.33 bits per heavy atom. The van der Waals surface area contributed by atoms with Crippen molar-refractivity contribution in [1.82, 2.24) is 9.55 Å². The van der Waals surface area contributed by atoms with Crippen LogP contribution in [-0.4, -0.2) is 27.7 Å². The van der Waals surface area contributed by atoms with Crippen LogP contribution < -0.4 is 0 Å². The molecule has 94 valence electrons. The van der Waals surface area contributed by atoms with Crippen LogP contribution in [0.25, 0.3) is 16.5 Å². The molecule has 1 heterocycles. The Morgan fingerprint density at radius 1 is 1.61 bits per heavy atom. The van der Waals surface area contributed by atoms with Crippen LogP contribution >= 0.6 is 0 Å². The van der Waals surface area contributed by atoms with Gasteiger partial charge in [0, 0.05) is 11.1 Å². The van der Waals surface area contributed by atoms with Crippen LogP contribution in [-0.2, 0) is 9.53 Å². The summed E-state index contributed by atoms with van der Waals surface area (Å²) in [5.74, 6) is -0.739. The highest BCUT2D eigenvalue weighted by Crippen LogP contribution is 2.02. The van der Waals surface area contributed by atoms with Gasteiger partial charge in [-0.2, -0.15) is 0 Å². The molecule has 8 heteroatoms. The van der Waals surface area contributed by atoms with E-state index in [9.17, 15) is 9.59 Å². The Balaban J connectivity index is 2.72. The van der Waals surface area contributed by atoms with Gasteiger partial charge in [0.1, 0.15) is 6.33 Å². The van der Waals surface area contributed by atoms with Crippen molar-refractivity contribution in [1.29, 1.82) is 0 Å². The number of azide groups is 1. The molecule has 0 aliphatic rings. The Hall–Kier alpha value is -2.60. The van der Waals surface area contributed by atoms with Crippen LogP contribution in [0.3, 0.4) is 0 Å². The van der Waals surface area contributed by atoms with E-state index in [1.807, 2.05) is 0 Å². The van der Waals surface area contributed by atoms with E-state index < -0.39 is 12.0 Å². The third-order valence-electron chi connectivity index (χ3n) is 1.69. The molecule has 0 aliphatic heterocycles. The highest BCUT2D eigenvalue weighted by atomic mass is 16.6. The summed E-state index contributed by atoms with van der Waals surface area (Å²) in [5, 5.41) is 2.85. The lowest BCUT2D eigenvalue weighted by Crippen LogP contribution is -2.16. The van der Waals surface area contributed by atoms with Crippen molar-refractivity contribution in [2.45, 2.75) is 20.0 Å². The largest absolute Gasteiger partial charge is 0.446 e. The molecule has 0 aliphatic carbocycles. The lowest BCUT2D eigenvalue weighted by molar-refractivity contribution is -0.113.